The van der Waals surface area contributed by atoms with Crippen LogP contribution in [-0.2, 0) is 6.54 Å². The molecule has 5 aromatic rings. The van der Waals surface area contributed by atoms with E-state index >= 15 is 0 Å². The van der Waals surface area contributed by atoms with Crippen molar-refractivity contribution in [1.82, 2.24) is 14.5 Å². The Bertz CT molecular complexity index is 1270. The van der Waals surface area contributed by atoms with Crippen molar-refractivity contribution in [3.8, 4) is 21.2 Å². The molecule has 0 aliphatic heterocycles. The molecule has 27 heavy (non-hydrogen) atoms. The first-order valence-electron chi connectivity index (χ1n) is 8.30. The second-order valence-corrected chi connectivity index (χ2v) is 7.97. The van der Waals surface area contributed by atoms with E-state index in [0.29, 0.717) is 23.5 Å². The van der Waals surface area contributed by atoms with E-state index in [0.717, 1.165) is 20.1 Å². The van der Waals surface area contributed by atoms with Crippen molar-refractivity contribution in [1.29, 1.82) is 0 Å². The molecule has 7 heteroatoms. The summed E-state index contributed by atoms with van der Waals surface area (Å²) in [6.45, 7) is 0.327. The van der Waals surface area contributed by atoms with Gasteiger partial charge in [0.05, 0.1) is 28.8 Å². The van der Waals surface area contributed by atoms with Crippen LogP contribution in [0.4, 0.5) is 0 Å². The normalized spacial score (nSPS) is 11.3. The third kappa shape index (κ3) is 3.01. The predicted octanol–water partition coefficient (Wildman–Crippen LogP) is 4.89. The summed E-state index contributed by atoms with van der Waals surface area (Å²) in [5.41, 5.74) is 1.71. The number of thiophene rings is 2. The van der Waals surface area contributed by atoms with Crippen LogP contribution in [0.25, 0.3) is 31.4 Å². The third-order valence-electron chi connectivity index (χ3n) is 4.19. The van der Waals surface area contributed by atoms with Crippen LogP contribution < -0.4 is 5.56 Å². The van der Waals surface area contributed by atoms with Crippen LogP contribution in [0, 0.1) is 0 Å². The molecule has 0 spiro atoms. The molecule has 1 aromatic carbocycles. The quantitative estimate of drug-likeness (QED) is 0.438. The van der Waals surface area contributed by atoms with Crippen molar-refractivity contribution in [3.05, 3.63) is 82.5 Å². The Hall–Kier alpha value is -3.03. The fourth-order valence-electron chi connectivity index (χ4n) is 2.88. The highest BCUT2D eigenvalue weighted by Gasteiger charge is 2.13. The zero-order valence-electron chi connectivity index (χ0n) is 14.0. The van der Waals surface area contributed by atoms with Crippen LogP contribution in [-0.4, -0.2) is 14.5 Å². The number of hydrogen-bond acceptors (Lipinski definition) is 6. The minimum absolute atomic E-state index is 0.0703. The standard InChI is InChI=1S/C20H13N3O2S2/c24-20-15-9-17(13-5-2-1-3-6-13)27-19(15)21-12-23(20)10-14-11-25-18(22-14)16-7-4-8-26-16/h1-9,11-12H,10H2. The van der Waals surface area contributed by atoms with Gasteiger partial charge in [0.2, 0.25) is 5.89 Å². The maximum absolute atomic E-state index is 12.9. The summed E-state index contributed by atoms with van der Waals surface area (Å²) < 4.78 is 7.11. The van der Waals surface area contributed by atoms with Gasteiger partial charge in [-0.05, 0) is 23.1 Å². The summed E-state index contributed by atoms with van der Waals surface area (Å²) in [5, 5.41) is 2.60. The van der Waals surface area contributed by atoms with Crippen LogP contribution in [0.5, 0.6) is 0 Å². The van der Waals surface area contributed by atoms with Gasteiger partial charge in [-0.25, -0.2) is 9.97 Å². The SMILES string of the molecule is O=c1c2cc(-c3ccccc3)sc2ncn1Cc1coc(-c2cccs2)n1. The topological polar surface area (TPSA) is 60.9 Å². The fraction of sp³-hybridized carbons (Fsp3) is 0.0500. The second kappa shape index (κ2) is 6.61. The van der Waals surface area contributed by atoms with E-state index < -0.39 is 0 Å². The van der Waals surface area contributed by atoms with E-state index in [-0.39, 0.29) is 5.56 Å². The van der Waals surface area contributed by atoms with Gasteiger partial charge in [0.15, 0.2) is 0 Å². The zero-order valence-corrected chi connectivity index (χ0v) is 15.7. The number of aromatic nitrogens is 3. The maximum atomic E-state index is 12.9. The average molecular weight is 391 g/mol. The molecule has 0 saturated heterocycles. The van der Waals surface area contributed by atoms with Gasteiger partial charge in [0.1, 0.15) is 11.1 Å². The van der Waals surface area contributed by atoms with Crippen LogP contribution in [0.3, 0.4) is 0 Å². The number of oxazole rings is 1. The largest absolute Gasteiger partial charge is 0.443 e. The molecule has 0 unspecified atom stereocenters. The van der Waals surface area contributed by atoms with E-state index in [2.05, 4.69) is 9.97 Å². The van der Waals surface area contributed by atoms with Crippen molar-refractivity contribution in [2.24, 2.45) is 0 Å². The van der Waals surface area contributed by atoms with Gasteiger partial charge < -0.3 is 4.42 Å². The summed E-state index contributed by atoms with van der Waals surface area (Å²) in [5.74, 6) is 0.573. The second-order valence-electron chi connectivity index (χ2n) is 5.99. The lowest BCUT2D eigenvalue weighted by molar-refractivity contribution is 0.572. The Morgan fingerprint density at radius 1 is 1.07 bits per heavy atom. The van der Waals surface area contributed by atoms with Gasteiger partial charge in [-0.1, -0.05) is 36.4 Å². The number of hydrogen-bond donors (Lipinski definition) is 0. The molecule has 5 rings (SSSR count). The highest BCUT2D eigenvalue weighted by atomic mass is 32.1. The van der Waals surface area contributed by atoms with Crippen LogP contribution in [0.1, 0.15) is 5.69 Å². The van der Waals surface area contributed by atoms with Gasteiger partial charge >= 0.3 is 0 Å². The van der Waals surface area contributed by atoms with Crippen LogP contribution in [0.15, 0.2) is 75.7 Å². The number of nitrogens with zero attached hydrogens (tertiary/aromatic N) is 3. The zero-order chi connectivity index (χ0) is 18.2. The molecule has 132 valence electrons. The number of rotatable bonds is 4. The van der Waals surface area contributed by atoms with Gasteiger partial charge in [0.25, 0.3) is 5.56 Å². The average Bonchev–Trinajstić information content (AvgIpc) is 3.45. The molecular formula is C20H13N3O2S2. The molecular weight excluding hydrogens is 378 g/mol. The summed E-state index contributed by atoms with van der Waals surface area (Å²) >= 11 is 3.09. The highest BCUT2D eigenvalue weighted by Crippen LogP contribution is 2.30. The van der Waals surface area contributed by atoms with Gasteiger partial charge in [-0.15, -0.1) is 22.7 Å². The lowest BCUT2D eigenvalue weighted by Gasteiger charge is -2.01. The molecule has 0 N–H and O–H groups in total. The van der Waals surface area contributed by atoms with Gasteiger partial charge in [-0.3, -0.25) is 9.36 Å². The summed E-state index contributed by atoms with van der Waals surface area (Å²) in [7, 11) is 0. The smallest absolute Gasteiger partial charge is 0.262 e. The van der Waals surface area contributed by atoms with E-state index in [1.165, 1.54) is 11.3 Å². The van der Waals surface area contributed by atoms with E-state index in [1.807, 2.05) is 53.9 Å². The first-order valence-corrected chi connectivity index (χ1v) is 10.0. The molecule has 4 heterocycles. The van der Waals surface area contributed by atoms with Crippen molar-refractivity contribution in [3.63, 3.8) is 0 Å². The van der Waals surface area contributed by atoms with Crippen molar-refractivity contribution in [2.45, 2.75) is 6.54 Å². The highest BCUT2D eigenvalue weighted by molar-refractivity contribution is 7.21. The molecule has 0 amide bonds. The Morgan fingerprint density at radius 2 is 1.96 bits per heavy atom. The predicted molar refractivity (Wildman–Crippen MR) is 108 cm³/mol. The molecule has 0 fully saturated rings. The molecule has 4 aromatic heterocycles. The van der Waals surface area contributed by atoms with Crippen molar-refractivity contribution in [2.75, 3.05) is 0 Å². The van der Waals surface area contributed by atoms with E-state index in [9.17, 15) is 4.79 Å². The van der Waals surface area contributed by atoms with E-state index in [1.54, 1.807) is 28.5 Å². The Morgan fingerprint density at radius 3 is 2.78 bits per heavy atom. The molecule has 0 saturated carbocycles. The molecule has 0 radical (unpaired) electrons. The summed E-state index contributed by atoms with van der Waals surface area (Å²) in [4.78, 5) is 24.6. The Kier molecular flexibility index (Phi) is 3.95. The van der Waals surface area contributed by atoms with Crippen molar-refractivity contribution < 1.29 is 4.42 Å². The summed E-state index contributed by atoms with van der Waals surface area (Å²) in [6.07, 6.45) is 3.17. The monoisotopic (exact) mass is 391 g/mol. The van der Waals surface area contributed by atoms with Crippen LogP contribution >= 0.6 is 22.7 Å². The first kappa shape index (κ1) is 16.2. The fourth-order valence-corrected chi connectivity index (χ4v) is 4.54. The third-order valence-corrected chi connectivity index (χ3v) is 6.14. The molecule has 5 nitrogen and oxygen atoms in total. The van der Waals surface area contributed by atoms with Crippen molar-refractivity contribution >= 4 is 32.9 Å². The molecule has 0 atom stereocenters. The minimum Gasteiger partial charge on any atom is -0.443 e. The molecule has 0 aliphatic rings. The molecule has 0 aliphatic carbocycles. The van der Waals surface area contributed by atoms with Gasteiger partial charge in [-0.2, -0.15) is 0 Å². The molecule has 0 bridgehead atoms. The minimum atomic E-state index is -0.0703. The number of fused-ring (bicyclic) bond motifs is 1. The Balaban J connectivity index is 1.49. The van der Waals surface area contributed by atoms with Gasteiger partial charge in [0, 0.05) is 4.88 Å². The number of benzene rings is 1. The van der Waals surface area contributed by atoms with Crippen LogP contribution in [0.2, 0.25) is 0 Å². The maximum Gasteiger partial charge on any atom is 0.262 e. The summed E-state index contributed by atoms with van der Waals surface area (Å²) in [6, 6.07) is 15.8. The van der Waals surface area contributed by atoms with E-state index in [4.69, 9.17) is 4.42 Å². The first-order chi connectivity index (χ1) is 13.3. The lowest BCUT2D eigenvalue weighted by Crippen LogP contribution is -2.20. The lowest BCUT2D eigenvalue weighted by atomic mass is 10.2. The Labute approximate surface area is 162 Å².